The summed E-state index contributed by atoms with van der Waals surface area (Å²) in [6.07, 6.45) is 1.67. The molecule has 18 heavy (non-hydrogen) atoms. The molecule has 0 fully saturated rings. The second-order valence-corrected chi connectivity index (χ2v) is 4.01. The SMILES string of the molecule is CO[C@@H]1C=C(C=O)[C@@H](COCc2ccccc2)O1. The van der Waals surface area contributed by atoms with Gasteiger partial charge in [0, 0.05) is 12.7 Å². The number of carbonyl (C=O) groups excluding carboxylic acids is 1. The Balaban J connectivity index is 1.81. The first-order valence-corrected chi connectivity index (χ1v) is 5.80. The van der Waals surface area contributed by atoms with Crippen LogP contribution in [0.3, 0.4) is 0 Å². The minimum absolute atomic E-state index is 0.337. The molecule has 0 spiro atoms. The van der Waals surface area contributed by atoms with Crippen molar-refractivity contribution in [1.82, 2.24) is 0 Å². The van der Waals surface area contributed by atoms with Crippen molar-refractivity contribution in [2.24, 2.45) is 0 Å². The van der Waals surface area contributed by atoms with Crippen LogP contribution < -0.4 is 0 Å². The minimum Gasteiger partial charge on any atom is -0.374 e. The van der Waals surface area contributed by atoms with Crippen LogP contribution in [0.15, 0.2) is 42.0 Å². The Labute approximate surface area is 106 Å². The van der Waals surface area contributed by atoms with Gasteiger partial charge in [0.05, 0.1) is 13.2 Å². The molecule has 4 heteroatoms. The van der Waals surface area contributed by atoms with E-state index in [0.717, 1.165) is 11.8 Å². The molecule has 0 saturated carbocycles. The summed E-state index contributed by atoms with van der Waals surface area (Å²) in [5.74, 6) is 0. The maximum atomic E-state index is 10.9. The highest BCUT2D eigenvalue weighted by Crippen LogP contribution is 2.19. The number of carbonyl (C=O) groups is 1. The zero-order valence-electron chi connectivity index (χ0n) is 10.2. The zero-order chi connectivity index (χ0) is 12.8. The van der Waals surface area contributed by atoms with Crippen LogP contribution in [-0.4, -0.2) is 32.4 Å². The van der Waals surface area contributed by atoms with E-state index in [4.69, 9.17) is 14.2 Å². The number of rotatable bonds is 6. The first kappa shape index (κ1) is 13.0. The molecule has 1 aliphatic rings. The first-order valence-electron chi connectivity index (χ1n) is 5.80. The highest BCUT2D eigenvalue weighted by molar-refractivity contribution is 5.75. The fourth-order valence-electron chi connectivity index (χ4n) is 1.78. The molecule has 1 aromatic carbocycles. The molecule has 0 amide bonds. The summed E-state index contributed by atoms with van der Waals surface area (Å²) in [6, 6.07) is 9.86. The fraction of sp³-hybridized carbons (Fsp3) is 0.357. The van der Waals surface area contributed by atoms with Crippen molar-refractivity contribution in [1.29, 1.82) is 0 Å². The third-order valence-electron chi connectivity index (χ3n) is 2.75. The van der Waals surface area contributed by atoms with E-state index in [1.807, 2.05) is 30.3 Å². The highest BCUT2D eigenvalue weighted by Gasteiger charge is 2.26. The lowest BCUT2D eigenvalue weighted by Gasteiger charge is -2.14. The van der Waals surface area contributed by atoms with Crippen molar-refractivity contribution in [2.45, 2.75) is 19.0 Å². The molecule has 0 unspecified atom stereocenters. The van der Waals surface area contributed by atoms with Gasteiger partial charge in [-0.05, 0) is 11.6 Å². The zero-order valence-corrected chi connectivity index (χ0v) is 10.2. The van der Waals surface area contributed by atoms with Crippen molar-refractivity contribution in [3.8, 4) is 0 Å². The van der Waals surface area contributed by atoms with Gasteiger partial charge in [-0.15, -0.1) is 0 Å². The summed E-state index contributed by atoms with van der Waals surface area (Å²) < 4.78 is 16.1. The van der Waals surface area contributed by atoms with Gasteiger partial charge < -0.3 is 14.2 Å². The molecule has 2 rings (SSSR count). The Morgan fingerprint density at radius 1 is 1.33 bits per heavy atom. The van der Waals surface area contributed by atoms with Crippen molar-refractivity contribution in [3.63, 3.8) is 0 Å². The molecule has 0 aliphatic carbocycles. The Hall–Kier alpha value is -1.49. The predicted octanol–water partition coefficient (Wildman–Crippen LogP) is 1.70. The lowest BCUT2D eigenvalue weighted by Crippen LogP contribution is -2.21. The predicted molar refractivity (Wildman–Crippen MR) is 65.9 cm³/mol. The maximum Gasteiger partial charge on any atom is 0.178 e. The molecule has 0 aromatic heterocycles. The summed E-state index contributed by atoms with van der Waals surface area (Å²) in [6.45, 7) is 0.851. The monoisotopic (exact) mass is 248 g/mol. The number of methoxy groups -OCH3 is 1. The molecule has 2 atom stereocenters. The van der Waals surface area contributed by atoms with E-state index in [1.165, 1.54) is 7.11 Å². The lowest BCUT2D eigenvalue weighted by atomic mass is 10.2. The topological polar surface area (TPSA) is 44.8 Å². The van der Waals surface area contributed by atoms with Gasteiger partial charge in [0.25, 0.3) is 0 Å². The van der Waals surface area contributed by atoms with Gasteiger partial charge in [0.15, 0.2) is 6.29 Å². The van der Waals surface area contributed by atoms with E-state index >= 15 is 0 Å². The van der Waals surface area contributed by atoms with Crippen LogP contribution in [0.4, 0.5) is 0 Å². The average Bonchev–Trinajstić information content (AvgIpc) is 2.82. The van der Waals surface area contributed by atoms with Gasteiger partial charge in [0.2, 0.25) is 0 Å². The second kappa shape index (κ2) is 6.44. The molecule has 4 nitrogen and oxygen atoms in total. The smallest absolute Gasteiger partial charge is 0.178 e. The van der Waals surface area contributed by atoms with Gasteiger partial charge in [-0.25, -0.2) is 0 Å². The average molecular weight is 248 g/mol. The summed E-state index contributed by atoms with van der Waals surface area (Å²) in [5.41, 5.74) is 1.67. The third-order valence-corrected chi connectivity index (χ3v) is 2.75. The molecule has 96 valence electrons. The van der Waals surface area contributed by atoms with Crippen LogP contribution in [0.1, 0.15) is 5.56 Å². The molecule has 0 radical (unpaired) electrons. The van der Waals surface area contributed by atoms with Gasteiger partial charge in [-0.3, -0.25) is 4.79 Å². The van der Waals surface area contributed by atoms with E-state index in [1.54, 1.807) is 6.08 Å². The summed E-state index contributed by atoms with van der Waals surface area (Å²) in [7, 11) is 1.54. The van der Waals surface area contributed by atoms with E-state index in [-0.39, 0.29) is 6.10 Å². The van der Waals surface area contributed by atoms with Crippen molar-refractivity contribution < 1.29 is 19.0 Å². The van der Waals surface area contributed by atoms with Crippen LogP contribution in [0.2, 0.25) is 0 Å². The first-order chi connectivity index (χ1) is 8.83. The molecular formula is C14H16O4. The normalized spacial score (nSPS) is 22.8. The number of hydrogen-bond acceptors (Lipinski definition) is 4. The standard InChI is InChI=1S/C14H16O4/c1-16-14-7-12(8-15)13(18-14)10-17-9-11-5-3-2-4-6-11/h2-8,13-14H,9-10H2,1H3/t13-,14+/m1/s1. The molecule has 1 aliphatic heterocycles. The van der Waals surface area contributed by atoms with Crippen molar-refractivity contribution in [2.75, 3.05) is 13.7 Å². The highest BCUT2D eigenvalue weighted by atomic mass is 16.7. The largest absolute Gasteiger partial charge is 0.374 e. The number of hydrogen-bond donors (Lipinski definition) is 0. The van der Waals surface area contributed by atoms with E-state index in [2.05, 4.69) is 0 Å². The molecular weight excluding hydrogens is 232 g/mol. The van der Waals surface area contributed by atoms with Crippen LogP contribution in [0.25, 0.3) is 0 Å². The molecule has 1 aromatic rings. The minimum atomic E-state index is -0.449. The van der Waals surface area contributed by atoms with Crippen LogP contribution >= 0.6 is 0 Å². The summed E-state index contributed by atoms with van der Waals surface area (Å²) in [5, 5.41) is 0. The van der Waals surface area contributed by atoms with Crippen LogP contribution in [0.5, 0.6) is 0 Å². The number of benzene rings is 1. The number of ether oxygens (including phenoxy) is 3. The van der Waals surface area contributed by atoms with E-state index in [0.29, 0.717) is 18.8 Å². The lowest BCUT2D eigenvalue weighted by molar-refractivity contribution is -0.121. The quantitative estimate of drug-likeness (QED) is 0.719. The van der Waals surface area contributed by atoms with Gasteiger partial charge >= 0.3 is 0 Å². The van der Waals surface area contributed by atoms with Gasteiger partial charge in [-0.2, -0.15) is 0 Å². The third kappa shape index (κ3) is 3.26. The fourth-order valence-corrected chi connectivity index (χ4v) is 1.78. The summed E-state index contributed by atoms with van der Waals surface area (Å²) in [4.78, 5) is 10.9. The second-order valence-electron chi connectivity index (χ2n) is 4.01. The number of aldehydes is 1. The van der Waals surface area contributed by atoms with Crippen LogP contribution in [0, 0.1) is 0 Å². The maximum absolute atomic E-state index is 10.9. The Morgan fingerprint density at radius 3 is 2.78 bits per heavy atom. The Kier molecular flexibility index (Phi) is 4.64. The molecule has 0 N–H and O–H groups in total. The van der Waals surface area contributed by atoms with Gasteiger partial charge in [-0.1, -0.05) is 30.3 Å². The van der Waals surface area contributed by atoms with E-state index in [9.17, 15) is 4.79 Å². The molecule has 0 saturated heterocycles. The van der Waals surface area contributed by atoms with Crippen LogP contribution in [-0.2, 0) is 25.6 Å². The van der Waals surface area contributed by atoms with Gasteiger partial charge in [0.1, 0.15) is 12.4 Å². The molecule has 0 bridgehead atoms. The van der Waals surface area contributed by atoms with E-state index < -0.39 is 6.29 Å². The summed E-state index contributed by atoms with van der Waals surface area (Å²) >= 11 is 0. The Bertz CT molecular complexity index is 413. The van der Waals surface area contributed by atoms with Crippen molar-refractivity contribution >= 4 is 6.29 Å². The Morgan fingerprint density at radius 2 is 2.11 bits per heavy atom. The molecule has 1 heterocycles. The van der Waals surface area contributed by atoms with Crippen molar-refractivity contribution in [3.05, 3.63) is 47.5 Å².